The molecule has 0 aliphatic carbocycles. The maximum absolute atomic E-state index is 11.4. The molecule has 1 N–H and O–H groups in total. The van der Waals surface area contributed by atoms with Gasteiger partial charge in [-0.1, -0.05) is 18.2 Å². The standard InChI is InChI=1S/C11H9N3O2S/c1-17(15,16)11-13-9-6-12-8-5-3-2-4-7(8)10(9)14-11/h2-6H,1H3,(H,13,14). The van der Waals surface area contributed by atoms with Crippen molar-refractivity contribution in [1.29, 1.82) is 0 Å². The quantitative estimate of drug-likeness (QED) is 0.707. The Morgan fingerprint density at radius 1 is 1.24 bits per heavy atom. The predicted molar refractivity (Wildman–Crippen MR) is 64.5 cm³/mol. The fraction of sp³-hybridized carbons (Fsp3) is 0.0909. The number of aromatic amines is 1. The van der Waals surface area contributed by atoms with E-state index < -0.39 is 9.84 Å². The third-order valence-electron chi connectivity index (χ3n) is 2.55. The number of benzene rings is 1. The Morgan fingerprint density at radius 2 is 2.00 bits per heavy atom. The fourth-order valence-corrected chi connectivity index (χ4v) is 2.31. The van der Waals surface area contributed by atoms with Crippen LogP contribution in [-0.2, 0) is 9.84 Å². The summed E-state index contributed by atoms with van der Waals surface area (Å²) in [7, 11) is -3.33. The molecule has 1 aromatic carbocycles. The molecule has 0 aliphatic heterocycles. The van der Waals surface area contributed by atoms with Gasteiger partial charge in [-0.3, -0.25) is 4.98 Å². The van der Waals surface area contributed by atoms with E-state index in [0.717, 1.165) is 17.2 Å². The lowest BCUT2D eigenvalue weighted by Gasteiger charge is -1.95. The number of hydrogen-bond acceptors (Lipinski definition) is 4. The van der Waals surface area contributed by atoms with E-state index in [1.807, 2.05) is 24.3 Å². The molecule has 0 saturated heterocycles. The van der Waals surface area contributed by atoms with Crippen LogP contribution < -0.4 is 0 Å². The van der Waals surface area contributed by atoms with E-state index in [2.05, 4.69) is 15.0 Å². The van der Waals surface area contributed by atoms with Crippen molar-refractivity contribution >= 4 is 31.8 Å². The summed E-state index contributed by atoms with van der Waals surface area (Å²) in [6.07, 6.45) is 2.72. The van der Waals surface area contributed by atoms with Crippen molar-refractivity contribution in [2.45, 2.75) is 5.16 Å². The molecule has 2 heterocycles. The number of imidazole rings is 1. The molecule has 0 amide bonds. The second-order valence-corrected chi connectivity index (χ2v) is 5.78. The van der Waals surface area contributed by atoms with Crippen LogP contribution in [0.1, 0.15) is 0 Å². The van der Waals surface area contributed by atoms with Crippen LogP contribution in [0, 0.1) is 0 Å². The molecule has 3 aromatic rings. The number of fused-ring (bicyclic) bond motifs is 3. The molecule has 0 unspecified atom stereocenters. The number of sulfone groups is 1. The molecule has 0 aliphatic rings. The Bertz CT molecular complexity index is 821. The molecular weight excluding hydrogens is 238 g/mol. The molecule has 3 rings (SSSR count). The molecule has 0 radical (unpaired) electrons. The average Bonchev–Trinajstić information content (AvgIpc) is 2.72. The Hall–Kier alpha value is -1.95. The number of H-pyrrole nitrogens is 1. The smallest absolute Gasteiger partial charge is 0.225 e. The normalized spacial score (nSPS) is 12.3. The van der Waals surface area contributed by atoms with Gasteiger partial charge in [0.1, 0.15) is 5.52 Å². The van der Waals surface area contributed by atoms with Crippen LogP contribution in [0.4, 0.5) is 0 Å². The molecule has 0 fully saturated rings. The lowest BCUT2D eigenvalue weighted by molar-refractivity contribution is 0.595. The summed E-state index contributed by atoms with van der Waals surface area (Å²) in [6, 6.07) is 7.49. The highest BCUT2D eigenvalue weighted by molar-refractivity contribution is 7.90. The van der Waals surface area contributed by atoms with Crippen LogP contribution in [0.2, 0.25) is 0 Å². The van der Waals surface area contributed by atoms with Gasteiger partial charge in [0.2, 0.25) is 15.0 Å². The minimum Gasteiger partial charge on any atom is -0.327 e. The average molecular weight is 247 g/mol. The zero-order valence-electron chi connectivity index (χ0n) is 9.01. The summed E-state index contributed by atoms with van der Waals surface area (Å²) >= 11 is 0. The number of rotatable bonds is 1. The maximum Gasteiger partial charge on any atom is 0.225 e. The van der Waals surface area contributed by atoms with Gasteiger partial charge in [0, 0.05) is 11.6 Å². The summed E-state index contributed by atoms with van der Waals surface area (Å²) < 4.78 is 22.8. The molecule has 5 nitrogen and oxygen atoms in total. The molecule has 0 bridgehead atoms. The number of nitrogens with one attached hydrogen (secondary N) is 1. The molecule has 2 aromatic heterocycles. The molecule has 0 atom stereocenters. The SMILES string of the molecule is CS(=O)(=O)c1nc2c(cnc3ccccc32)[nH]1. The Kier molecular flexibility index (Phi) is 1.97. The lowest BCUT2D eigenvalue weighted by atomic mass is 10.2. The minimum atomic E-state index is -3.33. The van der Waals surface area contributed by atoms with Gasteiger partial charge in [-0.05, 0) is 6.07 Å². The lowest BCUT2D eigenvalue weighted by Crippen LogP contribution is -1.98. The van der Waals surface area contributed by atoms with E-state index in [1.54, 1.807) is 6.20 Å². The van der Waals surface area contributed by atoms with Crippen LogP contribution in [0.5, 0.6) is 0 Å². The van der Waals surface area contributed by atoms with Gasteiger partial charge in [-0.15, -0.1) is 0 Å². The Balaban J connectivity index is 2.47. The van der Waals surface area contributed by atoms with E-state index in [1.165, 1.54) is 0 Å². The first-order chi connectivity index (χ1) is 8.05. The number of pyridine rings is 1. The van der Waals surface area contributed by atoms with Crippen LogP contribution >= 0.6 is 0 Å². The fourth-order valence-electron chi connectivity index (χ4n) is 1.76. The number of hydrogen-bond donors (Lipinski definition) is 1. The minimum absolute atomic E-state index is 0.0225. The summed E-state index contributed by atoms with van der Waals surface area (Å²) in [4.78, 5) is 11.1. The molecular formula is C11H9N3O2S. The number of nitrogens with zero attached hydrogens (tertiary/aromatic N) is 2. The van der Waals surface area contributed by atoms with Crippen molar-refractivity contribution in [3.8, 4) is 0 Å². The monoisotopic (exact) mass is 247 g/mol. The topological polar surface area (TPSA) is 75.7 Å². The van der Waals surface area contributed by atoms with Gasteiger partial charge in [0.15, 0.2) is 0 Å². The molecule has 0 spiro atoms. The Morgan fingerprint density at radius 3 is 2.76 bits per heavy atom. The summed E-state index contributed by atoms with van der Waals surface area (Å²) in [5.41, 5.74) is 2.06. The zero-order valence-corrected chi connectivity index (χ0v) is 9.82. The van der Waals surface area contributed by atoms with Gasteiger partial charge in [0.05, 0.1) is 17.2 Å². The van der Waals surface area contributed by atoms with Gasteiger partial charge in [0.25, 0.3) is 0 Å². The second-order valence-electron chi connectivity index (χ2n) is 3.85. The first-order valence-electron chi connectivity index (χ1n) is 4.99. The van der Waals surface area contributed by atoms with Gasteiger partial charge >= 0.3 is 0 Å². The van der Waals surface area contributed by atoms with Gasteiger partial charge in [-0.25, -0.2) is 13.4 Å². The number of para-hydroxylation sites is 1. The third kappa shape index (κ3) is 1.57. The molecule has 6 heteroatoms. The van der Waals surface area contributed by atoms with Crippen molar-refractivity contribution in [3.63, 3.8) is 0 Å². The summed E-state index contributed by atoms with van der Waals surface area (Å²) in [5, 5.41) is 0.821. The van der Waals surface area contributed by atoms with Crippen LogP contribution in [-0.4, -0.2) is 29.6 Å². The van der Waals surface area contributed by atoms with Crippen molar-refractivity contribution in [1.82, 2.24) is 15.0 Å². The third-order valence-corrected chi connectivity index (χ3v) is 3.45. The van der Waals surface area contributed by atoms with E-state index >= 15 is 0 Å². The van der Waals surface area contributed by atoms with Gasteiger partial charge in [-0.2, -0.15) is 0 Å². The molecule has 0 saturated carbocycles. The highest BCUT2D eigenvalue weighted by Crippen LogP contribution is 2.22. The molecule has 17 heavy (non-hydrogen) atoms. The molecule has 86 valence electrons. The van der Waals surface area contributed by atoms with Crippen molar-refractivity contribution < 1.29 is 8.42 Å². The van der Waals surface area contributed by atoms with Crippen molar-refractivity contribution in [3.05, 3.63) is 30.5 Å². The Labute approximate surface area is 97.4 Å². The second kappa shape index (κ2) is 3.27. The maximum atomic E-state index is 11.4. The largest absolute Gasteiger partial charge is 0.327 e. The van der Waals surface area contributed by atoms with Crippen molar-refractivity contribution in [2.75, 3.05) is 6.26 Å². The predicted octanol–water partition coefficient (Wildman–Crippen LogP) is 1.51. The summed E-state index contributed by atoms with van der Waals surface area (Å²) in [6.45, 7) is 0. The zero-order chi connectivity index (χ0) is 12.0. The summed E-state index contributed by atoms with van der Waals surface area (Å²) in [5.74, 6) is 0. The number of aromatic nitrogens is 3. The van der Waals surface area contributed by atoms with E-state index in [4.69, 9.17) is 0 Å². The van der Waals surface area contributed by atoms with Crippen molar-refractivity contribution in [2.24, 2.45) is 0 Å². The van der Waals surface area contributed by atoms with Crippen LogP contribution in [0.3, 0.4) is 0 Å². The first kappa shape index (κ1) is 10.2. The van der Waals surface area contributed by atoms with Gasteiger partial charge < -0.3 is 4.98 Å². The van der Waals surface area contributed by atoms with E-state index in [0.29, 0.717) is 11.0 Å². The highest BCUT2D eigenvalue weighted by atomic mass is 32.2. The van der Waals surface area contributed by atoms with E-state index in [-0.39, 0.29) is 5.16 Å². The van der Waals surface area contributed by atoms with Crippen LogP contribution in [0.25, 0.3) is 21.9 Å². The van der Waals surface area contributed by atoms with Crippen LogP contribution in [0.15, 0.2) is 35.6 Å². The first-order valence-corrected chi connectivity index (χ1v) is 6.88. The van der Waals surface area contributed by atoms with E-state index in [9.17, 15) is 8.42 Å². The highest BCUT2D eigenvalue weighted by Gasteiger charge is 2.14.